The highest BCUT2D eigenvalue weighted by molar-refractivity contribution is 6.96. The highest BCUT2D eigenvalue weighted by Gasteiger charge is 2.36. The second-order valence-corrected chi connectivity index (χ2v) is 9.80. The molecule has 0 bridgehead atoms. The molecule has 114 valence electrons. The minimum atomic E-state index is -2.19. The summed E-state index contributed by atoms with van der Waals surface area (Å²) < 4.78 is 6.72. The van der Waals surface area contributed by atoms with E-state index in [0.29, 0.717) is 5.92 Å². The molecule has 1 aliphatic rings. The van der Waals surface area contributed by atoms with Crippen LogP contribution in [-0.2, 0) is 4.43 Å². The zero-order chi connectivity index (χ0) is 15.4. The summed E-state index contributed by atoms with van der Waals surface area (Å²) in [6.07, 6.45) is 5.93. The molecule has 0 aromatic heterocycles. The van der Waals surface area contributed by atoms with Crippen LogP contribution in [0.25, 0.3) is 0 Å². The van der Waals surface area contributed by atoms with Gasteiger partial charge in [-0.1, -0.05) is 67.6 Å². The minimum Gasteiger partial charge on any atom is -0.538 e. The highest BCUT2D eigenvalue weighted by atomic mass is 28.4. The topological polar surface area (TPSA) is 9.23 Å². The first-order valence-electron chi connectivity index (χ1n) is 8.19. The standard InChI is InChI=1S/C20H24OSi/c1-17-10-9-11-18(16-17)21-22(2,19-12-5-3-6-13-19)20-14-7-4-8-15-20/h3-8,12-17H,9-11H2,1-2H3. The smallest absolute Gasteiger partial charge is 0.311 e. The van der Waals surface area contributed by atoms with Crippen LogP contribution >= 0.6 is 0 Å². The van der Waals surface area contributed by atoms with Gasteiger partial charge in [-0.3, -0.25) is 0 Å². The zero-order valence-corrected chi connectivity index (χ0v) is 14.5. The van der Waals surface area contributed by atoms with Gasteiger partial charge in [0.25, 0.3) is 0 Å². The Morgan fingerprint density at radius 3 is 1.95 bits per heavy atom. The van der Waals surface area contributed by atoms with Crippen molar-refractivity contribution in [1.82, 2.24) is 0 Å². The lowest BCUT2D eigenvalue weighted by atomic mass is 9.97. The molecule has 0 amide bonds. The van der Waals surface area contributed by atoms with Crippen LogP contribution in [0.5, 0.6) is 0 Å². The molecule has 22 heavy (non-hydrogen) atoms. The van der Waals surface area contributed by atoms with Crippen LogP contribution in [-0.4, -0.2) is 8.32 Å². The van der Waals surface area contributed by atoms with Gasteiger partial charge in [0.05, 0.1) is 5.76 Å². The van der Waals surface area contributed by atoms with Crippen molar-refractivity contribution in [3.05, 3.63) is 72.5 Å². The number of hydrogen-bond donors (Lipinski definition) is 0. The fraction of sp³-hybridized carbons (Fsp3) is 0.300. The van der Waals surface area contributed by atoms with Gasteiger partial charge in [0.15, 0.2) is 0 Å². The van der Waals surface area contributed by atoms with Crippen molar-refractivity contribution in [2.75, 3.05) is 0 Å². The van der Waals surface area contributed by atoms with Gasteiger partial charge >= 0.3 is 8.32 Å². The van der Waals surface area contributed by atoms with Crippen LogP contribution < -0.4 is 10.4 Å². The molecule has 2 aromatic rings. The Labute approximate surface area is 134 Å². The number of hydrogen-bond acceptors (Lipinski definition) is 1. The number of allylic oxidation sites excluding steroid dienone is 2. The van der Waals surface area contributed by atoms with E-state index in [0.717, 1.165) is 6.42 Å². The van der Waals surface area contributed by atoms with Gasteiger partial charge in [-0.2, -0.15) is 0 Å². The monoisotopic (exact) mass is 308 g/mol. The average Bonchev–Trinajstić information content (AvgIpc) is 2.56. The molecule has 1 atom stereocenters. The van der Waals surface area contributed by atoms with Crippen molar-refractivity contribution in [2.45, 2.75) is 32.7 Å². The molecule has 0 fully saturated rings. The van der Waals surface area contributed by atoms with Gasteiger partial charge in [0.1, 0.15) is 0 Å². The minimum absolute atomic E-state index is 0.633. The number of rotatable bonds is 4. The molecule has 3 rings (SSSR count). The molecule has 0 spiro atoms. The largest absolute Gasteiger partial charge is 0.538 e. The third-order valence-electron chi connectivity index (χ3n) is 4.54. The SMILES string of the molecule is CC1C=C(O[Si](C)(c2ccccc2)c2ccccc2)CCC1. The quantitative estimate of drug-likeness (QED) is 0.773. The van der Waals surface area contributed by atoms with E-state index >= 15 is 0 Å². The molecule has 2 heteroatoms. The van der Waals surface area contributed by atoms with E-state index < -0.39 is 8.32 Å². The first kappa shape index (κ1) is 15.1. The first-order chi connectivity index (χ1) is 10.7. The van der Waals surface area contributed by atoms with Crippen LogP contribution in [0, 0.1) is 5.92 Å². The molecule has 0 aliphatic heterocycles. The lowest BCUT2D eigenvalue weighted by Crippen LogP contribution is -2.58. The van der Waals surface area contributed by atoms with Crippen LogP contribution in [0.1, 0.15) is 26.2 Å². The van der Waals surface area contributed by atoms with E-state index in [4.69, 9.17) is 4.43 Å². The highest BCUT2D eigenvalue weighted by Crippen LogP contribution is 2.25. The van der Waals surface area contributed by atoms with E-state index in [1.165, 1.54) is 29.0 Å². The summed E-state index contributed by atoms with van der Waals surface area (Å²) in [7, 11) is -2.19. The van der Waals surface area contributed by atoms with Crippen LogP contribution in [0.4, 0.5) is 0 Å². The van der Waals surface area contributed by atoms with Gasteiger partial charge in [-0.25, -0.2) is 0 Å². The van der Waals surface area contributed by atoms with Crippen LogP contribution in [0.15, 0.2) is 72.5 Å². The van der Waals surface area contributed by atoms with Crippen molar-refractivity contribution >= 4 is 18.7 Å². The first-order valence-corrected chi connectivity index (χ1v) is 10.6. The third kappa shape index (κ3) is 3.17. The second kappa shape index (κ2) is 6.53. The summed E-state index contributed by atoms with van der Waals surface area (Å²) in [6, 6.07) is 21.5. The fourth-order valence-electron chi connectivity index (χ4n) is 3.23. The number of benzene rings is 2. The van der Waals surface area contributed by atoms with Gasteiger partial charge in [0, 0.05) is 6.42 Å². The lowest BCUT2D eigenvalue weighted by Gasteiger charge is -2.32. The third-order valence-corrected chi connectivity index (χ3v) is 8.08. The predicted octanol–water partition coefficient (Wildman–Crippen LogP) is 4.10. The summed E-state index contributed by atoms with van der Waals surface area (Å²) >= 11 is 0. The predicted molar refractivity (Wildman–Crippen MR) is 96.0 cm³/mol. The second-order valence-electron chi connectivity index (χ2n) is 6.37. The summed E-state index contributed by atoms with van der Waals surface area (Å²) in [4.78, 5) is 0. The summed E-state index contributed by atoms with van der Waals surface area (Å²) in [6.45, 7) is 4.60. The Bertz CT molecular complexity index is 594. The van der Waals surface area contributed by atoms with Crippen molar-refractivity contribution in [2.24, 2.45) is 5.92 Å². The molecule has 1 aliphatic carbocycles. The van der Waals surface area contributed by atoms with Crippen molar-refractivity contribution in [3.63, 3.8) is 0 Å². The van der Waals surface area contributed by atoms with Gasteiger partial charge < -0.3 is 4.43 Å². The fourth-order valence-corrected chi connectivity index (χ4v) is 6.15. The van der Waals surface area contributed by atoms with E-state index in [-0.39, 0.29) is 0 Å². The Balaban J connectivity index is 2.00. The van der Waals surface area contributed by atoms with E-state index in [1.54, 1.807) is 0 Å². The molecular weight excluding hydrogens is 284 g/mol. The van der Waals surface area contributed by atoms with Crippen molar-refractivity contribution in [3.8, 4) is 0 Å². The Kier molecular flexibility index (Phi) is 4.48. The lowest BCUT2D eigenvalue weighted by molar-refractivity contribution is 0.371. The molecule has 0 radical (unpaired) electrons. The van der Waals surface area contributed by atoms with Gasteiger partial charge in [-0.15, -0.1) is 0 Å². The van der Waals surface area contributed by atoms with E-state index in [9.17, 15) is 0 Å². The maximum absolute atomic E-state index is 6.72. The van der Waals surface area contributed by atoms with Gasteiger partial charge in [-0.05, 0) is 41.8 Å². The molecule has 0 N–H and O–H groups in total. The summed E-state index contributed by atoms with van der Waals surface area (Å²) in [5, 5.41) is 2.67. The molecule has 2 aromatic carbocycles. The molecule has 1 unspecified atom stereocenters. The molecule has 0 heterocycles. The van der Waals surface area contributed by atoms with Crippen molar-refractivity contribution in [1.29, 1.82) is 0 Å². The Morgan fingerprint density at radius 2 is 1.45 bits per heavy atom. The summed E-state index contributed by atoms with van der Waals surface area (Å²) in [5.74, 6) is 1.83. The van der Waals surface area contributed by atoms with Crippen LogP contribution in [0.2, 0.25) is 6.55 Å². The Morgan fingerprint density at radius 1 is 0.909 bits per heavy atom. The van der Waals surface area contributed by atoms with Crippen LogP contribution in [0.3, 0.4) is 0 Å². The van der Waals surface area contributed by atoms with E-state index in [2.05, 4.69) is 80.2 Å². The average molecular weight is 308 g/mol. The Hall–Kier alpha value is -1.80. The van der Waals surface area contributed by atoms with E-state index in [1.807, 2.05) is 0 Å². The molecule has 0 saturated heterocycles. The molecular formula is C20H24OSi. The van der Waals surface area contributed by atoms with Gasteiger partial charge in [0.2, 0.25) is 0 Å². The zero-order valence-electron chi connectivity index (χ0n) is 13.5. The molecule has 1 nitrogen and oxygen atoms in total. The normalized spacial score (nSPS) is 18.6. The maximum atomic E-state index is 6.72. The summed E-state index contributed by atoms with van der Waals surface area (Å²) in [5.41, 5.74) is 0. The molecule has 0 saturated carbocycles. The maximum Gasteiger partial charge on any atom is 0.311 e. The van der Waals surface area contributed by atoms with Crippen molar-refractivity contribution < 1.29 is 4.43 Å².